The van der Waals surface area contributed by atoms with E-state index < -0.39 is 0 Å². The first-order valence-corrected chi connectivity index (χ1v) is 8.38. The summed E-state index contributed by atoms with van der Waals surface area (Å²) in [6, 6.07) is 6.46. The van der Waals surface area contributed by atoms with E-state index >= 15 is 0 Å². The molecule has 0 saturated heterocycles. The second kappa shape index (κ2) is 6.53. The van der Waals surface area contributed by atoms with Gasteiger partial charge in [0.25, 0.3) is 0 Å². The first kappa shape index (κ1) is 14.5. The monoisotopic (exact) mass is 373 g/mol. The van der Waals surface area contributed by atoms with Gasteiger partial charge >= 0.3 is 0 Å². The van der Waals surface area contributed by atoms with Gasteiger partial charge in [-0.05, 0) is 74.2 Å². The molecule has 2 rings (SSSR count). The molecule has 1 saturated carbocycles. The minimum absolute atomic E-state index is 0.576. The van der Waals surface area contributed by atoms with Crippen molar-refractivity contribution in [2.75, 3.05) is 6.54 Å². The summed E-state index contributed by atoms with van der Waals surface area (Å²) in [6.45, 7) is 4.47. The molecule has 0 unspecified atom stereocenters. The van der Waals surface area contributed by atoms with Crippen molar-refractivity contribution in [1.82, 2.24) is 5.32 Å². The van der Waals surface area contributed by atoms with Crippen LogP contribution in [0.1, 0.15) is 44.6 Å². The van der Waals surface area contributed by atoms with Crippen LogP contribution in [0.4, 0.5) is 0 Å². The van der Waals surface area contributed by atoms with Gasteiger partial charge in [0.05, 0.1) is 0 Å². The average molecular weight is 375 g/mol. The van der Waals surface area contributed by atoms with Gasteiger partial charge in [-0.1, -0.05) is 25.8 Å². The Morgan fingerprint density at radius 1 is 1.17 bits per heavy atom. The normalized spacial score (nSPS) is 18.2. The molecule has 1 fully saturated rings. The van der Waals surface area contributed by atoms with Crippen molar-refractivity contribution in [1.29, 1.82) is 0 Å². The van der Waals surface area contributed by atoms with Gasteiger partial charge in [-0.2, -0.15) is 0 Å². The van der Waals surface area contributed by atoms with Crippen molar-refractivity contribution >= 4 is 31.9 Å². The molecular formula is C15H21Br2N. The summed E-state index contributed by atoms with van der Waals surface area (Å²) in [7, 11) is 0. The van der Waals surface area contributed by atoms with E-state index in [0.29, 0.717) is 5.41 Å². The maximum absolute atomic E-state index is 3.65. The van der Waals surface area contributed by atoms with Crippen molar-refractivity contribution in [3.63, 3.8) is 0 Å². The first-order chi connectivity index (χ1) is 8.65. The van der Waals surface area contributed by atoms with Crippen LogP contribution in [-0.4, -0.2) is 6.54 Å². The lowest BCUT2D eigenvalue weighted by molar-refractivity contribution is 0.268. The Hall–Kier alpha value is 0.140. The third-order valence-electron chi connectivity index (χ3n) is 4.23. The summed E-state index contributed by atoms with van der Waals surface area (Å²) in [5.41, 5.74) is 1.92. The Kier molecular flexibility index (Phi) is 5.28. The van der Waals surface area contributed by atoms with Gasteiger partial charge in [-0.25, -0.2) is 0 Å². The zero-order valence-corrected chi connectivity index (χ0v) is 14.1. The number of benzene rings is 1. The fourth-order valence-electron chi connectivity index (χ4n) is 2.90. The molecule has 0 radical (unpaired) electrons. The van der Waals surface area contributed by atoms with Gasteiger partial charge in [-0.15, -0.1) is 0 Å². The highest BCUT2D eigenvalue weighted by Crippen LogP contribution is 2.40. The zero-order valence-electron chi connectivity index (χ0n) is 10.9. The molecule has 1 nitrogen and oxygen atoms in total. The van der Waals surface area contributed by atoms with Gasteiger partial charge in [-0.3, -0.25) is 0 Å². The van der Waals surface area contributed by atoms with Gasteiger partial charge in [0, 0.05) is 22.0 Å². The van der Waals surface area contributed by atoms with Crippen molar-refractivity contribution < 1.29 is 0 Å². The molecule has 100 valence electrons. The van der Waals surface area contributed by atoms with Gasteiger partial charge in [0.1, 0.15) is 0 Å². The highest BCUT2D eigenvalue weighted by Gasteiger charge is 2.31. The number of halogens is 2. The third-order valence-corrected chi connectivity index (χ3v) is 6.11. The SMILES string of the molecule is CCC1(CNCc2ccc(Br)c(Br)c2)CCCC1. The molecule has 0 atom stereocenters. The Morgan fingerprint density at radius 3 is 2.50 bits per heavy atom. The molecule has 0 heterocycles. The molecule has 0 bridgehead atoms. The molecule has 18 heavy (non-hydrogen) atoms. The van der Waals surface area contributed by atoms with E-state index in [9.17, 15) is 0 Å². The van der Waals surface area contributed by atoms with Crippen LogP contribution in [0.15, 0.2) is 27.1 Å². The maximum Gasteiger partial charge on any atom is 0.0320 e. The second-order valence-electron chi connectivity index (χ2n) is 5.41. The van der Waals surface area contributed by atoms with Gasteiger partial charge < -0.3 is 5.32 Å². The Balaban J connectivity index is 1.86. The molecule has 0 aromatic heterocycles. The Labute approximate surface area is 127 Å². The molecule has 1 aromatic carbocycles. The van der Waals surface area contributed by atoms with Crippen LogP contribution in [0.5, 0.6) is 0 Å². The van der Waals surface area contributed by atoms with Gasteiger partial charge in [0.15, 0.2) is 0 Å². The largest absolute Gasteiger partial charge is 0.312 e. The van der Waals surface area contributed by atoms with E-state index in [-0.39, 0.29) is 0 Å². The molecule has 1 N–H and O–H groups in total. The fraction of sp³-hybridized carbons (Fsp3) is 0.600. The summed E-state index contributed by atoms with van der Waals surface area (Å²) in [6.07, 6.45) is 6.95. The van der Waals surface area contributed by atoms with E-state index in [0.717, 1.165) is 22.0 Å². The molecule has 0 spiro atoms. The van der Waals surface area contributed by atoms with Crippen LogP contribution >= 0.6 is 31.9 Å². The van der Waals surface area contributed by atoms with Crippen LogP contribution in [0.3, 0.4) is 0 Å². The third kappa shape index (κ3) is 3.58. The van der Waals surface area contributed by atoms with Gasteiger partial charge in [0.2, 0.25) is 0 Å². The summed E-state index contributed by atoms with van der Waals surface area (Å²) in [5.74, 6) is 0. The number of nitrogens with one attached hydrogen (secondary N) is 1. The lowest BCUT2D eigenvalue weighted by atomic mass is 9.83. The minimum atomic E-state index is 0.576. The quantitative estimate of drug-likeness (QED) is 0.739. The second-order valence-corrected chi connectivity index (χ2v) is 7.12. The maximum atomic E-state index is 3.65. The van der Waals surface area contributed by atoms with E-state index in [1.54, 1.807) is 0 Å². The van der Waals surface area contributed by atoms with Crippen LogP contribution < -0.4 is 5.32 Å². The Morgan fingerprint density at radius 2 is 1.89 bits per heavy atom. The number of hydrogen-bond donors (Lipinski definition) is 1. The van der Waals surface area contributed by atoms with Crippen molar-refractivity contribution in [2.24, 2.45) is 5.41 Å². The molecular weight excluding hydrogens is 354 g/mol. The highest BCUT2D eigenvalue weighted by atomic mass is 79.9. The molecule has 0 amide bonds. The average Bonchev–Trinajstić information content (AvgIpc) is 2.83. The smallest absolute Gasteiger partial charge is 0.0320 e. The van der Waals surface area contributed by atoms with Crippen LogP contribution in [0.25, 0.3) is 0 Å². The van der Waals surface area contributed by atoms with E-state index in [1.165, 1.54) is 37.7 Å². The summed E-state index contributed by atoms with van der Waals surface area (Å²) in [4.78, 5) is 0. The van der Waals surface area contributed by atoms with Crippen LogP contribution in [0, 0.1) is 5.41 Å². The summed E-state index contributed by atoms with van der Waals surface area (Å²) >= 11 is 7.06. The van der Waals surface area contributed by atoms with Crippen LogP contribution in [0.2, 0.25) is 0 Å². The van der Waals surface area contributed by atoms with Crippen molar-refractivity contribution in [3.8, 4) is 0 Å². The Bertz CT molecular complexity index is 397. The molecule has 1 aromatic rings. The number of hydrogen-bond acceptors (Lipinski definition) is 1. The number of rotatable bonds is 5. The highest BCUT2D eigenvalue weighted by molar-refractivity contribution is 9.13. The van der Waals surface area contributed by atoms with Crippen LogP contribution in [-0.2, 0) is 6.54 Å². The minimum Gasteiger partial charge on any atom is -0.312 e. The fourth-order valence-corrected chi connectivity index (χ4v) is 3.57. The molecule has 1 aliphatic carbocycles. The van der Waals surface area contributed by atoms with Crippen molar-refractivity contribution in [3.05, 3.63) is 32.7 Å². The van der Waals surface area contributed by atoms with E-state index in [4.69, 9.17) is 0 Å². The molecule has 0 aliphatic heterocycles. The summed E-state index contributed by atoms with van der Waals surface area (Å²) < 4.78 is 2.25. The van der Waals surface area contributed by atoms with Crippen molar-refractivity contribution in [2.45, 2.75) is 45.6 Å². The molecule has 1 aliphatic rings. The predicted molar refractivity (Wildman–Crippen MR) is 84.7 cm³/mol. The summed E-state index contributed by atoms with van der Waals surface area (Å²) in [5, 5.41) is 3.65. The van der Waals surface area contributed by atoms with E-state index in [1.807, 2.05) is 0 Å². The zero-order chi connectivity index (χ0) is 13.0. The predicted octanol–water partition coefficient (Wildman–Crippen LogP) is 5.27. The van der Waals surface area contributed by atoms with E-state index in [2.05, 4.69) is 62.3 Å². The standard InChI is InChI=1S/C15H21Br2N/c1-2-15(7-3-4-8-15)11-18-10-12-5-6-13(16)14(17)9-12/h5-6,9,18H,2-4,7-8,10-11H2,1H3. The topological polar surface area (TPSA) is 12.0 Å². The first-order valence-electron chi connectivity index (χ1n) is 6.80. The molecule has 3 heteroatoms. The lowest BCUT2D eigenvalue weighted by Gasteiger charge is -2.27. The lowest BCUT2D eigenvalue weighted by Crippen LogP contribution is -2.31.